The number of aliphatic hydroxyl groups is 1. The molecule has 0 aromatic rings. The minimum atomic E-state index is -0.909. The Morgan fingerprint density at radius 2 is 1.90 bits per heavy atom. The molecule has 1 nitrogen and oxygen atoms in total. The molecule has 0 heterocycles. The second kappa shape index (κ2) is 2.34. The molecule has 0 aromatic heterocycles. The van der Waals surface area contributed by atoms with E-state index in [0.29, 0.717) is 5.92 Å². The highest BCUT2D eigenvalue weighted by molar-refractivity contribution is 6.78. The summed E-state index contributed by atoms with van der Waals surface area (Å²) < 4.78 is 0. The van der Waals surface area contributed by atoms with Gasteiger partial charge in [-0.3, -0.25) is 0 Å². The smallest absolute Gasteiger partial charge is 0.0540 e. The van der Waals surface area contributed by atoms with Crippen LogP contribution in [-0.2, 0) is 0 Å². The van der Waals surface area contributed by atoms with Crippen molar-refractivity contribution in [2.75, 3.05) is 0 Å². The van der Waals surface area contributed by atoms with E-state index in [4.69, 9.17) is 0 Å². The molecule has 0 saturated heterocycles. The van der Waals surface area contributed by atoms with Crippen molar-refractivity contribution in [3.8, 4) is 0 Å². The highest BCUT2D eigenvalue weighted by atomic mass is 28.3. The number of aliphatic hydroxyl groups excluding tert-OH is 1. The van der Waals surface area contributed by atoms with Crippen molar-refractivity contribution in [1.82, 2.24) is 0 Å². The van der Waals surface area contributed by atoms with Crippen molar-refractivity contribution >= 4 is 8.07 Å². The van der Waals surface area contributed by atoms with Gasteiger partial charge in [-0.05, 0) is 24.8 Å². The lowest BCUT2D eigenvalue weighted by Gasteiger charge is -2.16. The third kappa shape index (κ3) is 1.61. The average Bonchev–Trinajstić information content (AvgIpc) is 2.35. The molecule has 1 fully saturated rings. The predicted octanol–water partition coefficient (Wildman–Crippen LogP) is 2.10. The van der Waals surface area contributed by atoms with Crippen molar-refractivity contribution in [2.45, 2.75) is 44.6 Å². The van der Waals surface area contributed by atoms with E-state index in [2.05, 4.69) is 19.6 Å². The minimum Gasteiger partial charge on any atom is -0.393 e. The molecule has 1 saturated carbocycles. The molecule has 10 heavy (non-hydrogen) atoms. The molecular formula is C8H18OSi. The number of hydrogen-bond donors (Lipinski definition) is 1. The molecule has 0 unspecified atom stereocenters. The summed E-state index contributed by atoms with van der Waals surface area (Å²) in [4.78, 5) is 0. The summed E-state index contributed by atoms with van der Waals surface area (Å²) in [6.07, 6.45) is 1.23. The van der Waals surface area contributed by atoms with Gasteiger partial charge in [0.15, 0.2) is 0 Å². The molecule has 1 aliphatic carbocycles. The van der Waals surface area contributed by atoms with E-state index in [0.717, 1.165) is 5.54 Å². The van der Waals surface area contributed by atoms with Gasteiger partial charge in [0, 0.05) is 8.07 Å². The average molecular weight is 158 g/mol. The van der Waals surface area contributed by atoms with E-state index in [1.54, 1.807) is 0 Å². The van der Waals surface area contributed by atoms with Crippen molar-refractivity contribution in [3.63, 3.8) is 0 Å². The van der Waals surface area contributed by atoms with Crippen LogP contribution in [0, 0.1) is 5.92 Å². The van der Waals surface area contributed by atoms with Crippen molar-refractivity contribution in [1.29, 1.82) is 0 Å². The lowest BCUT2D eigenvalue weighted by molar-refractivity contribution is 0.171. The molecule has 0 aliphatic heterocycles. The van der Waals surface area contributed by atoms with Crippen molar-refractivity contribution in [3.05, 3.63) is 0 Å². The molecule has 0 spiro atoms. The topological polar surface area (TPSA) is 20.2 Å². The molecule has 1 N–H and O–H groups in total. The molecule has 2 heteroatoms. The fourth-order valence-corrected chi connectivity index (χ4v) is 4.29. The van der Waals surface area contributed by atoms with Gasteiger partial charge in [-0.2, -0.15) is 0 Å². The Hall–Kier alpha value is 0.177. The van der Waals surface area contributed by atoms with Gasteiger partial charge in [0.2, 0.25) is 0 Å². The maximum absolute atomic E-state index is 9.25. The summed E-state index contributed by atoms with van der Waals surface area (Å²) in [6.45, 7) is 9.09. The van der Waals surface area contributed by atoms with E-state index in [9.17, 15) is 5.11 Å². The minimum absolute atomic E-state index is 0.0586. The summed E-state index contributed by atoms with van der Waals surface area (Å²) in [5.41, 5.74) is 0.896. The SMILES string of the molecule is C[C@H](O)[C@@H]1C[C@@H]1[Si](C)(C)C. The summed E-state index contributed by atoms with van der Waals surface area (Å²) in [7, 11) is -0.909. The Labute approximate surface area is 64.5 Å². The van der Waals surface area contributed by atoms with E-state index < -0.39 is 8.07 Å². The summed E-state index contributed by atoms with van der Waals surface area (Å²) in [6, 6.07) is 0. The van der Waals surface area contributed by atoms with Crippen molar-refractivity contribution < 1.29 is 5.11 Å². The van der Waals surface area contributed by atoms with E-state index >= 15 is 0 Å². The van der Waals surface area contributed by atoms with Crippen LogP contribution >= 0.6 is 0 Å². The van der Waals surface area contributed by atoms with Crippen LogP contribution in [0.25, 0.3) is 0 Å². The molecule has 0 aromatic carbocycles. The van der Waals surface area contributed by atoms with Crippen LogP contribution < -0.4 is 0 Å². The molecule has 60 valence electrons. The zero-order valence-corrected chi connectivity index (χ0v) is 8.39. The Morgan fingerprint density at radius 1 is 1.40 bits per heavy atom. The first-order valence-electron chi connectivity index (χ1n) is 4.11. The van der Waals surface area contributed by atoms with Gasteiger partial charge in [-0.25, -0.2) is 0 Å². The molecule has 0 radical (unpaired) electrons. The van der Waals surface area contributed by atoms with Crippen LogP contribution in [0.4, 0.5) is 0 Å². The van der Waals surface area contributed by atoms with Crippen LogP contribution in [0.5, 0.6) is 0 Å². The van der Waals surface area contributed by atoms with E-state index in [1.807, 2.05) is 6.92 Å². The number of hydrogen-bond acceptors (Lipinski definition) is 1. The summed E-state index contributed by atoms with van der Waals surface area (Å²) in [5, 5.41) is 9.25. The normalized spacial score (nSPS) is 35.7. The Balaban J connectivity index is 2.39. The first-order valence-corrected chi connectivity index (χ1v) is 7.68. The van der Waals surface area contributed by atoms with Crippen LogP contribution in [0.2, 0.25) is 25.2 Å². The van der Waals surface area contributed by atoms with Crippen molar-refractivity contribution in [2.24, 2.45) is 5.92 Å². The second-order valence-electron chi connectivity index (χ2n) is 4.61. The molecular weight excluding hydrogens is 140 g/mol. The standard InChI is InChI=1S/C8H18OSi/c1-6(9)7-5-8(7)10(2,3)4/h6-9H,5H2,1-4H3/t6-,7-,8-/m0/s1. The second-order valence-corrected chi connectivity index (χ2v) is 10.1. The van der Waals surface area contributed by atoms with E-state index in [1.165, 1.54) is 6.42 Å². The zero-order chi connectivity index (χ0) is 7.94. The fraction of sp³-hybridized carbons (Fsp3) is 1.00. The van der Waals surface area contributed by atoms with Gasteiger partial charge >= 0.3 is 0 Å². The Kier molecular flexibility index (Phi) is 1.94. The molecule has 3 atom stereocenters. The Morgan fingerprint density at radius 3 is 2.00 bits per heavy atom. The monoisotopic (exact) mass is 158 g/mol. The predicted molar refractivity (Wildman–Crippen MR) is 46.9 cm³/mol. The maximum Gasteiger partial charge on any atom is 0.0540 e. The zero-order valence-electron chi connectivity index (χ0n) is 7.39. The van der Waals surface area contributed by atoms with Crippen LogP contribution in [-0.4, -0.2) is 19.3 Å². The first kappa shape index (κ1) is 8.28. The van der Waals surface area contributed by atoms with Gasteiger partial charge in [0.25, 0.3) is 0 Å². The lowest BCUT2D eigenvalue weighted by Crippen LogP contribution is -2.22. The Bertz CT molecular complexity index is 126. The summed E-state index contributed by atoms with van der Waals surface area (Å²) in [5.74, 6) is 0.645. The highest BCUT2D eigenvalue weighted by Crippen LogP contribution is 2.53. The fourth-order valence-electron chi connectivity index (χ4n) is 1.74. The van der Waals surface area contributed by atoms with Crippen LogP contribution in [0.1, 0.15) is 13.3 Å². The molecule has 0 bridgehead atoms. The number of rotatable bonds is 2. The quantitative estimate of drug-likeness (QED) is 0.610. The molecule has 1 aliphatic rings. The maximum atomic E-state index is 9.25. The lowest BCUT2D eigenvalue weighted by atomic mass is 10.3. The van der Waals surface area contributed by atoms with Gasteiger partial charge in [0.1, 0.15) is 0 Å². The third-order valence-electron chi connectivity index (χ3n) is 2.57. The molecule has 0 amide bonds. The third-order valence-corrected chi connectivity index (χ3v) is 5.46. The van der Waals surface area contributed by atoms with Crippen LogP contribution in [0.3, 0.4) is 0 Å². The summed E-state index contributed by atoms with van der Waals surface area (Å²) >= 11 is 0. The van der Waals surface area contributed by atoms with Crippen LogP contribution in [0.15, 0.2) is 0 Å². The first-order chi connectivity index (χ1) is 4.43. The van der Waals surface area contributed by atoms with Gasteiger partial charge in [-0.15, -0.1) is 0 Å². The molecule has 1 rings (SSSR count). The van der Waals surface area contributed by atoms with Gasteiger partial charge < -0.3 is 5.11 Å². The van der Waals surface area contributed by atoms with Gasteiger partial charge in [-0.1, -0.05) is 19.6 Å². The highest BCUT2D eigenvalue weighted by Gasteiger charge is 2.48. The van der Waals surface area contributed by atoms with Gasteiger partial charge in [0.05, 0.1) is 6.10 Å². The van der Waals surface area contributed by atoms with E-state index in [-0.39, 0.29) is 6.10 Å². The largest absolute Gasteiger partial charge is 0.393 e.